The third-order valence-electron chi connectivity index (χ3n) is 3.45. The van der Waals surface area contributed by atoms with E-state index < -0.39 is 0 Å². The molecular weight excluding hydrogens is 357 g/mol. The first-order chi connectivity index (χ1) is 9.47. The number of hydrogen-bond acceptors (Lipinski definition) is 1. The SMILES string of the molecule is CC(c1ccc(Cl)cc1)N(C)Cc1ccc(Br)cc1Cl. The van der Waals surface area contributed by atoms with Crippen molar-refractivity contribution in [3.8, 4) is 0 Å². The summed E-state index contributed by atoms with van der Waals surface area (Å²) in [4.78, 5) is 2.26. The molecule has 4 heteroatoms. The fourth-order valence-electron chi connectivity index (χ4n) is 2.05. The highest BCUT2D eigenvalue weighted by Gasteiger charge is 2.13. The Bertz CT molecular complexity index is 584. The van der Waals surface area contributed by atoms with Crippen molar-refractivity contribution >= 4 is 39.1 Å². The van der Waals surface area contributed by atoms with Gasteiger partial charge in [-0.05, 0) is 49.4 Å². The van der Waals surface area contributed by atoms with Crippen molar-refractivity contribution in [2.75, 3.05) is 7.05 Å². The lowest BCUT2D eigenvalue weighted by Gasteiger charge is -2.25. The van der Waals surface area contributed by atoms with Gasteiger partial charge in [0.15, 0.2) is 0 Å². The van der Waals surface area contributed by atoms with Gasteiger partial charge in [0.05, 0.1) is 0 Å². The third kappa shape index (κ3) is 3.98. The number of rotatable bonds is 4. The molecule has 1 nitrogen and oxygen atoms in total. The van der Waals surface area contributed by atoms with Gasteiger partial charge in [-0.25, -0.2) is 0 Å². The van der Waals surface area contributed by atoms with Crippen LogP contribution in [0.3, 0.4) is 0 Å². The number of hydrogen-bond donors (Lipinski definition) is 0. The molecule has 2 rings (SSSR count). The Morgan fingerprint density at radius 3 is 2.35 bits per heavy atom. The van der Waals surface area contributed by atoms with E-state index in [-0.39, 0.29) is 0 Å². The second-order valence-corrected chi connectivity index (χ2v) is 6.64. The van der Waals surface area contributed by atoms with Gasteiger partial charge in [-0.2, -0.15) is 0 Å². The molecule has 0 spiro atoms. The normalized spacial score (nSPS) is 12.7. The Labute approximate surface area is 138 Å². The summed E-state index contributed by atoms with van der Waals surface area (Å²) in [5.41, 5.74) is 2.36. The molecule has 2 aromatic rings. The van der Waals surface area contributed by atoms with E-state index in [0.717, 1.165) is 26.6 Å². The zero-order chi connectivity index (χ0) is 14.7. The van der Waals surface area contributed by atoms with E-state index in [9.17, 15) is 0 Å². The molecule has 20 heavy (non-hydrogen) atoms. The lowest BCUT2D eigenvalue weighted by Crippen LogP contribution is -2.22. The molecule has 0 N–H and O–H groups in total. The van der Waals surface area contributed by atoms with Crippen LogP contribution in [0.4, 0.5) is 0 Å². The first-order valence-corrected chi connectivity index (χ1v) is 7.92. The Balaban J connectivity index is 2.11. The first kappa shape index (κ1) is 15.8. The van der Waals surface area contributed by atoms with Gasteiger partial charge in [0.1, 0.15) is 0 Å². The molecule has 2 aromatic carbocycles. The van der Waals surface area contributed by atoms with E-state index in [1.54, 1.807) is 0 Å². The lowest BCUT2D eigenvalue weighted by molar-refractivity contribution is 0.253. The summed E-state index contributed by atoms with van der Waals surface area (Å²) in [6.45, 7) is 2.98. The van der Waals surface area contributed by atoms with Gasteiger partial charge in [-0.3, -0.25) is 4.90 Å². The molecule has 0 aliphatic rings. The van der Waals surface area contributed by atoms with Crippen LogP contribution in [-0.4, -0.2) is 11.9 Å². The molecule has 1 unspecified atom stereocenters. The Hall–Kier alpha value is -0.540. The maximum atomic E-state index is 6.27. The standard InChI is InChI=1S/C16H16BrCl2N/c1-11(12-4-7-15(18)8-5-12)20(2)10-13-3-6-14(17)9-16(13)19/h3-9,11H,10H2,1-2H3. The van der Waals surface area contributed by atoms with Crippen molar-refractivity contribution in [3.63, 3.8) is 0 Å². The van der Waals surface area contributed by atoms with Gasteiger partial charge in [0.25, 0.3) is 0 Å². The van der Waals surface area contributed by atoms with E-state index in [2.05, 4.69) is 53.0 Å². The topological polar surface area (TPSA) is 3.24 Å². The quantitative estimate of drug-likeness (QED) is 0.640. The molecule has 0 bridgehead atoms. The van der Waals surface area contributed by atoms with Crippen LogP contribution in [0.15, 0.2) is 46.9 Å². The van der Waals surface area contributed by atoms with E-state index in [1.165, 1.54) is 5.56 Å². The van der Waals surface area contributed by atoms with Crippen LogP contribution in [0.2, 0.25) is 10.0 Å². The van der Waals surface area contributed by atoms with Gasteiger partial charge < -0.3 is 0 Å². The second-order valence-electron chi connectivity index (χ2n) is 4.88. The highest BCUT2D eigenvalue weighted by molar-refractivity contribution is 9.10. The summed E-state index contributed by atoms with van der Waals surface area (Å²) in [5, 5.41) is 1.55. The van der Waals surface area contributed by atoms with E-state index in [1.807, 2.05) is 24.3 Å². The average Bonchev–Trinajstić information content (AvgIpc) is 2.42. The van der Waals surface area contributed by atoms with Crippen molar-refractivity contribution in [1.82, 2.24) is 4.90 Å². The molecule has 0 aliphatic carbocycles. The third-order valence-corrected chi connectivity index (χ3v) is 4.55. The van der Waals surface area contributed by atoms with Crippen LogP contribution in [0.25, 0.3) is 0 Å². The van der Waals surface area contributed by atoms with Crippen LogP contribution in [0, 0.1) is 0 Å². The minimum Gasteiger partial charge on any atom is -0.295 e. The Kier molecular flexibility index (Phi) is 5.50. The van der Waals surface area contributed by atoms with Crippen LogP contribution < -0.4 is 0 Å². The molecule has 0 amide bonds. The van der Waals surface area contributed by atoms with Crippen molar-refractivity contribution in [2.45, 2.75) is 19.5 Å². The molecule has 0 radical (unpaired) electrons. The fraction of sp³-hybridized carbons (Fsp3) is 0.250. The summed E-state index contributed by atoms with van der Waals surface area (Å²) in [6.07, 6.45) is 0. The van der Waals surface area contributed by atoms with Gasteiger partial charge in [0.2, 0.25) is 0 Å². The predicted molar refractivity (Wildman–Crippen MR) is 90.5 cm³/mol. The summed E-state index contributed by atoms with van der Waals surface area (Å²) >= 11 is 15.6. The van der Waals surface area contributed by atoms with Gasteiger partial charge in [-0.1, -0.05) is 57.3 Å². The van der Waals surface area contributed by atoms with Gasteiger partial charge in [-0.15, -0.1) is 0 Å². The lowest BCUT2D eigenvalue weighted by atomic mass is 10.1. The molecule has 0 saturated heterocycles. The van der Waals surface area contributed by atoms with Gasteiger partial charge >= 0.3 is 0 Å². The van der Waals surface area contributed by atoms with Crippen LogP contribution in [0.1, 0.15) is 24.1 Å². The van der Waals surface area contributed by atoms with Gasteiger partial charge in [0, 0.05) is 27.1 Å². The summed E-state index contributed by atoms with van der Waals surface area (Å²) in [6, 6.07) is 14.3. The first-order valence-electron chi connectivity index (χ1n) is 6.37. The number of halogens is 3. The zero-order valence-electron chi connectivity index (χ0n) is 11.4. The van der Waals surface area contributed by atoms with E-state index in [4.69, 9.17) is 23.2 Å². The predicted octanol–water partition coefficient (Wildman–Crippen LogP) is 5.95. The van der Waals surface area contributed by atoms with Crippen LogP contribution in [0.5, 0.6) is 0 Å². The van der Waals surface area contributed by atoms with Crippen LogP contribution >= 0.6 is 39.1 Å². The van der Waals surface area contributed by atoms with Crippen molar-refractivity contribution in [1.29, 1.82) is 0 Å². The summed E-state index contributed by atoms with van der Waals surface area (Å²) in [7, 11) is 2.09. The largest absolute Gasteiger partial charge is 0.295 e. The monoisotopic (exact) mass is 371 g/mol. The number of benzene rings is 2. The van der Waals surface area contributed by atoms with Crippen molar-refractivity contribution < 1.29 is 0 Å². The maximum Gasteiger partial charge on any atom is 0.0462 e. The fourth-order valence-corrected chi connectivity index (χ4v) is 2.91. The van der Waals surface area contributed by atoms with E-state index in [0.29, 0.717) is 6.04 Å². The smallest absolute Gasteiger partial charge is 0.0462 e. The Morgan fingerprint density at radius 1 is 1.10 bits per heavy atom. The molecule has 1 atom stereocenters. The summed E-state index contributed by atoms with van der Waals surface area (Å²) in [5.74, 6) is 0. The minimum atomic E-state index is 0.298. The molecule has 0 saturated carbocycles. The molecule has 0 heterocycles. The summed E-state index contributed by atoms with van der Waals surface area (Å²) < 4.78 is 1.000. The number of nitrogens with zero attached hydrogens (tertiary/aromatic N) is 1. The zero-order valence-corrected chi connectivity index (χ0v) is 14.5. The van der Waals surface area contributed by atoms with Crippen molar-refractivity contribution in [2.24, 2.45) is 0 Å². The molecule has 0 aromatic heterocycles. The maximum absolute atomic E-state index is 6.27. The Morgan fingerprint density at radius 2 is 1.75 bits per heavy atom. The molecule has 106 valence electrons. The minimum absolute atomic E-state index is 0.298. The van der Waals surface area contributed by atoms with Crippen LogP contribution in [-0.2, 0) is 6.54 Å². The highest BCUT2D eigenvalue weighted by atomic mass is 79.9. The highest BCUT2D eigenvalue weighted by Crippen LogP contribution is 2.26. The molecular formula is C16H16BrCl2N. The second kappa shape index (κ2) is 6.95. The molecule has 0 aliphatic heterocycles. The average molecular weight is 373 g/mol. The van der Waals surface area contributed by atoms with Crippen molar-refractivity contribution in [3.05, 3.63) is 68.1 Å². The van der Waals surface area contributed by atoms with E-state index >= 15 is 0 Å². The molecule has 0 fully saturated rings.